The molecule has 1 aromatic carbocycles. The van der Waals surface area contributed by atoms with Gasteiger partial charge in [-0.25, -0.2) is 0 Å². The third-order valence-electron chi connectivity index (χ3n) is 3.60. The second-order valence-electron chi connectivity index (χ2n) is 4.86. The van der Waals surface area contributed by atoms with E-state index in [0.29, 0.717) is 15.5 Å². The lowest BCUT2D eigenvalue weighted by molar-refractivity contribution is 0.0982. The molecule has 0 saturated carbocycles. The first kappa shape index (κ1) is 13.4. The molecule has 1 unspecified atom stereocenters. The van der Waals surface area contributed by atoms with Crippen LogP contribution in [0.5, 0.6) is 0 Å². The van der Waals surface area contributed by atoms with Crippen LogP contribution in [-0.4, -0.2) is 5.78 Å². The van der Waals surface area contributed by atoms with Crippen molar-refractivity contribution in [2.45, 2.75) is 25.2 Å². The summed E-state index contributed by atoms with van der Waals surface area (Å²) in [5, 5.41) is 9.83. The number of Topliss-reactive ketones (excluding diaryl/α,β-unsaturated/α-hetero) is 1. The predicted octanol–water partition coefficient (Wildman–Crippen LogP) is 4.38. The summed E-state index contributed by atoms with van der Waals surface area (Å²) in [4.78, 5) is 14.5. The van der Waals surface area contributed by atoms with E-state index < -0.39 is 5.92 Å². The molecule has 0 radical (unpaired) electrons. The van der Waals surface area contributed by atoms with Crippen molar-refractivity contribution in [3.8, 4) is 6.07 Å². The van der Waals surface area contributed by atoms with E-state index in [1.165, 1.54) is 28.2 Å². The normalized spacial score (nSPS) is 14.6. The molecule has 0 aliphatic heterocycles. The van der Waals surface area contributed by atoms with Crippen molar-refractivity contribution in [1.82, 2.24) is 0 Å². The van der Waals surface area contributed by atoms with Gasteiger partial charge >= 0.3 is 0 Å². The second-order valence-corrected chi connectivity index (χ2v) is 6.40. The molecular formula is C16H12ClNOS. The van der Waals surface area contributed by atoms with Gasteiger partial charge in [-0.1, -0.05) is 29.8 Å². The van der Waals surface area contributed by atoms with Gasteiger partial charge in [0.1, 0.15) is 5.92 Å². The van der Waals surface area contributed by atoms with Gasteiger partial charge in [0, 0.05) is 9.90 Å². The average molecular weight is 302 g/mol. The van der Waals surface area contributed by atoms with Crippen molar-refractivity contribution in [3.05, 3.63) is 56.2 Å². The first-order valence-electron chi connectivity index (χ1n) is 6.50. The summed E-state index contributed by atoms with van der Waals surface area (Å²) < 4.78 is 0. The van der Waals surface area contributed by atoms with Gasteiger partial charge in [0.25, 0.3) is 0 Å². The zero-order chi connectivity index (χ0) is 14.1. The van der Waals surface area contributed by atoms with Crippen molar-refractivity contribution in [3.63, 3.8) is 0 Å². The number of nitrogens with zero attached hydrogens (tertiary/aromatic N) is 1. The third-order valence-corrected chi connectivity index (χ3v) is 5.19. The summed E-state index contributed by atoms with van der Waals surface area (Å²) in [7, 11) is 0. The number of benzene rings is 1. The molecule has 1 atom stereocenters. The fraction of sp³-hybridized carbons (Fsp3) is 0.250. The van der Waals surface area contributed by atoms with Crippen LogP contribution in [0.2, 0.25) is 5.02 Å². The summed E-state index contributed by atoms with van der Waals surface area (Å²) in [5.74, 6) is -0.956. The van der Waals surface area contributed by atoms with Crippen molar-refractivity contribution < 1.29 is 4.79 Å². The average Bonchev–Trinajstić information content (AvgIpc) is 3.02. The molecular weight excluding hydrogens is 290 g/mol. The van der Waals surface area contributed by atoms with Crippen LogP contribution in [0.25, 0.3) is 0 Å². The monoisotopic (exact) mass is 301 g/mol. The second kappa shape index (κ2) is 5.40. The largest absolute Gasteiger partial charge is 0.291 e. The Bertz CT molecular complexity index is 692. The van der Waals surface area contributed by atoms with Gasteiger partial charge in [0.15, 0.2) is 5.78 Å². The van der Waals surface area contributed by atoms with Crippen molar-refractivity contribution in [2.24, 2.45) is 0 Å². The van der Waals surface area contributed by atoms with Gasteiger partial charge in [0.05, 0.1) is 10.9 Å². The minimum atomic E-state index is -0.817. The number of ketones is 1. The molecule has 0 amide bonds. The summed E-state index contributed by atoms with van der Waals surface area (Å²) in [6.07, 6.45) is 3.26. The molecule has 0 spiro atoms. The number of aryl methyl sites for hydroxylation is 2. The Morgan fingerprint density at radius 3 is 2.85 bits per heavy atom. The lowest BCUT2D eigenvalue weighted by Gasteiger charge is -2.09. The predicted molar refractivity (Wildman–Crippen MR) is 80.5 cm³/mol. The fourth-order valence-electron chi connectivity index (χ4n) is 2.57. The molecule has 20 heavy (non-hydrogen) atoms. The summed E-state index contributed by atoms with van der Waals surface area (Å²) in [6, 6.07) is 11.1. The highest BCUT2D eigenvalue weighted by molar-refractivity contribution is 7.14. The fourth-order valence-corrected chi connectivity index (χ4v) is 4.04. The molecule has 0 N–H and O–H groups in total. The Hall–Kier alpha value is -1.63. The number of halogens is 1. The van der Waals surface area contributed by atoms with E-state index in [1.54, 1.807) is 24.3 Å². The molecule has 1 aliphatic carbocycles. The number of nitriles is 1. The van der Waals surface area contributed by atoms with Gasteiger partial charge < -0.3 is 0 Å². The smallest absolute Gasteiger partial charge is 0.194 e. The molecule has 100 valence electrons. The van der Waals surface area contributed by atoms with Crippen LogP contribution in [0.3, 0.4) is 0 Å². The van der Waals surface area contributed by atoms with Gasteiger partial charge in [-0.15, -0.1) is 11.3 Å². The molecule has 1 heterocycles. The van der Waals surface area contributed by atoms with Crippen LogP contribution in [0.15, 0.2) is 30.3 Å². The van der Waals surface area contributed by atoms with Crippen LogP contribution >= 0.6 is 22.9 Å². The number of hydrogen-bond acceptors (Lipinski definition) is 3. The van der Waals surface area contributed by atoms with Crippen LogP contribution in [0.4, 0.5) is 0 Å². The van der Waals surface area contributed by atoms with Crippen LogP contribution < -0.4 is 0 Å². The van der Waals surface area contributed by atoms with Gasteiger partial charge in [-0.2, -0.15) is 5.26 Å². The molecule has 2 nitrogen and oxygen atoms in total. The van der Waals surface area contributed by atoms with Crippen molar-refractivity contribution in [1.29, 1.82) is 5.26 Å². The lowest BCUT2D eigenvalue weighted by Crippen LogP contribution is -2.10. The highest BCUT2D eigenvalue weighted by Gasteiger charge is 2.27. The molecule has 1 aromatic heterocycles. The van der Waals surface area contributed by atoms with Crippen LogP contribution in [0.1, 0.15) is 38.0 Å². The summed E-state index contributed by atoms with van der Waals surface area (Å²) >= 11 is 7.63. The summed E-state index contributed by atoms with van der Waals surface area (Å²) in [5.41, 5.74) is 1.87. The number of thiophene rings is 1. The van der Waals surface area contributed by atoms with Gasteiger partial charge in [0.2, 0.25) is 0 Å². The van der Waals surface area contributed by atoms with E-state index >= 15 is 0 Å². The van der Waals surface area contributed by atoms with Crippen LogP contribution in [0, 0.1) is 11.3 Å². The Morgan fingerprint density at radius 2 is 2.15 bits per heavy atom. The van der Waals surface area contributed by atoms with E-state index in [9.17, 15) is 10.1 Å². The van der Waals surface area contributed by atoms with E-state index in [2.05, 4.69) is 6.07 Å². The van der Waals surface area contributed by atoms with Crippen molar-refractivity contribution >= 4 is 28.7 Å². The van der Waals surface area contributed by atoms with Gasteiger partial charge in [-0.3, -0.25) is 4.79 Å². The van der Waals surface area contributed by atoms with E-state index in [0.717, 1.165) is 12.8 Å². The summed E-state index contributed by atoms with van der Waals surface area (Å²) in [6.45, 7) is 0. The first-order valence-corrected chi connectivity index (χ1v) is 7.70. The molecule has 0 bridgehead atoms. The maximum absolute atomic E-state index is 12.6. The van der Waals surface area contributed by atoms with Crippen molar-refractivity contribution in [2.75, 3.05) is 0 Å². The van der Waals surface area contributed by atoms with E-state index in [-0.39, 0.29) is 5.78 Å². The Kier molecular flexibility index (Phi) is 3.60. The third kappa shape index (κ3) is 2.26. The number of carbonyl (C=O) groups excluding carboxylic acids is 1. The Morgan fingerprint density at radius 1 is 1.35 bits per heavy atom. The zero-order valence-electron chi connectivity index (χ0n) is 10.7. The highest BCUT2D eigenvalue weighted by atomic mass is 35.5. The highest BCUT2D eigenvalue weighted by Crippen LogP contribution is 2.34. The molecule has 0 saturated heterocycles. The molecule has 4 heteroatoms. The van der Waals surface area contributed by atoms with Crippen LogP contribution in [-0.2, 0) is 12.8 Å². The quantitative estimate of drug-likeness (QED) is 0.789. The van der Waals surface area contributed by atoms with E-state index in [4.69, 9.17) is 11.6 Å². The minimum absolute atomic E-state index is 0.139. The standard InChI is InChI=1S/C16H12ClNOS/c17-13-6-2-1-5-11(13)12(9-18)16(19)15-8-10-4-3-7-14(10)20-15/h1-2,5-6,8,12H,3-4,7H2. The number of rotatable bonds is 3. The maximum Gasteiger partial charge on any atom is 0.194 e. The minimum Gasteiger partial charge on any atom is -0.291 e. The number of hydrogen-bond donors (Lipinski definition) is 0. The molecule has 0 fully saturated rings. The molecule has 1 aliphatic rings. The van der Waals surface area contributed by atoms with E-state index in [1.807, 2.05) is 6.07 Å². The number of fused-ring (bicyclic) bond motifs is 1. The maximum atomic E-state index is 12.6. The molecule has 2 aromatic rings. The number of carbonyl (C=O) groups is 1. The molecule has 3 rings (SSSR count). The zero-order valence-corrected chi connectivity index (χ0v) is 12.3. The Labute approximate surface area is 126 Å². The first-order chi connectivity index (χ1) is 9.70. The van der Waals surface area contributed by atoms with Gasteiger partial charge in [-0.05, 0) is 42.5 Å². The lowest BCUT2D eigenvalue weighted by atomic mass is 9.95. The SMILES string of the molecule is N#CC(C(=O)c1cc2c(s1)CCC2)c1ccccc1Cl. The Balaban J connectivity index is 1.95. The topological polar surface area (TPSA) is 40.9 Å².